The zero-order valence-electron chi connectivity index (χ0n) is 11.6. The molecule has 0 saturated carbocycles. The van der Waals surface area contributed by atoms with E-state index in [4.69, 9.17) is 5.73 Å². The summed E-state index contributed by atoms with van der Waals surface area (Å²) in [6, 6.07) is 11.4. The largest absolute Gasteiger partial charge is 0.398 e. The minimum atomic E-state index is -1.08. The van der Waals surface area contributed by atoms with Crippen LogP contribution in [0.25, 0.3) is 0 Å². The van der Waals surface area contributed by atoms with Gasteiger partial charge < -0.3 is 10.6 Å². The van der Waals surface area contributed by atoms with Crippen LogP contribution in [0.15, 0.2) is 42.5 Å². The number of hydrogen-bond donors (Lipinski definition) is 1. The second-order valence-electron chi connectivity index (χ2n) is 4.82. The Balaban J connectivity index is 2.07. The Labute approximate surface area is 122 Å². The van der Waals surface area contributed by atoms with E-state index in [2.05, 4.69) is 0 Å². The third-order valence-electron chi connectivity index (χ3n) is 3.25. The van der Waals surface area contributed by atoms with Gasteiger partial charge in [0.25, 0.3) is 5.91 Å². The molecule has 1 amide bonds. The number of amides is 1. The molecular formula is C16H16F2N2O. The van der Waals surface area contributed by atoms with Crippen LogP contribution in [0, 0.1) is 11.6 Å². The molecule has 0 spiro atoms. The number of nitrogen functional groups attached to an aromatic ring is 1. The molecule has 5 heteroatoms. The molecule has 0 aliphatic heterocycles. The van der Waals surface area contributed by atoms with Crippen LogP contribution in [0.2, 0.25) is 0 Å². The van der Waals surface area contributed by atoms with Gasteiger partial charge in [0.1, 0.15) is 0 Å². The van der Waals surface area contributed by atoms with Crippen LogP contribution in [0.3, 0.4) is 0 Å². The number of anilines is 1. The van der Waals surface area contributed by atoms with Gasteiger partial charge in [-0.2, -0.15) is 0 Å². The topological polar surface area (TPSA) is 46.3 Å². The third-order valence-corrected chi connectivity index (χ3v) is 3.25. The molecule has 2 rings (SSSR count). The SMILES string of the molecule is CN(CCc1ccccc1)C(=O)c1cc(F)c(F)cc1N. The Kier molecular flexibility index (Phi) is 4.52. The summed E-state index contributed by atoms with van der Waals surface area (Å²) >= 11 is 0. The van der Waals surface area contributed by atoms with Crippen LogP contribution in [0.1, 0.15) is 15.9 Å². The quantitative estimate of drug-likeness (QED) is 0.880. The minimum absolute atomic E-state index is 0.0236. The van der Waals surface area contributed by atoms with Gasteiger partial charge in [-0.15, -0.1) is 0 Å². The van der Waals surface area contributed by atoms with Gasteiger partial charge in [0.2, 0.25) is 0 Å². The predicted octanol–water partition coefficient (Wildman–Crippen LogP) is 2.86. The normalized spacial score (nSPS) is 10.4. The zero-order chi connectivity index (χ0) is 15.4. The fourth-order valence-corrected chi connectivity index (χ4v) is 2.00. The van der Waals surface area contributed by atoms with E-state index in [0.717, 1.165) is 17.7 Å². The van der Waals surface area contributed by atoms with Crippen molar-refractivity contribution in [2.45, 2.75) is 6.42 Å². The molecule has 21 heavy (non-hydrogen) atoms. The van der Waals surface area contributed by atoms with Crippen molar-refractivity contribution in [2.75, 3.05) is 19.3 Å². The first kappa shape index (κ1) is 15.0. The van der Waals surface area contributed by atoms with Gasteiger partial charge in [0.05, 0.1) is 5.56 Å². The monoisotopic (exact) mass is 290 g/mol. The van der Waals surface area contributed by atoms with E-state index in [-0.39, 0.29) is 11.3 Å². The van der Waals surface area contributed by atoms with Crippen molar-refractivity contribution in [1.29, 1.82) is 0 Å². The fraction of sp³-hybridized carbons (Fsp3) is 0.188. The summed E-state index contributed by atoms with van der Waals surface area (Å²) in [5.41, 5.74) is 6.59. The lowest BCUT2D eigenvalue weighted by Gasteiger charge is -2.18. The molecule has 0 aliphatic rings. The summed E-state index contributed by atoms with van der Waals surface area (Å²) in [4.78, 5) is 13.6. The fourth-order valence-electron chi connectivity index (χ4n) is 2.00. The molecule has 0 aromatic heterocycles. The van der Waals surface area contributed by atoms with Crippen molar-refractivity contribution in [3.8, 4) is 0 Å². The highest BCUT2D eigenvalue weighted by Crippen LogP contribution is 2.18. The predicted molar refractivity (Wildman–Crippen MR) is 77.9 cm³/mol. The molecule has 2 aromatic rings. The van der Waals surface area contributed by atoms with Gasteiger partial charge in [0.15, 0.2) is 11.6 Å². The van der Waals surface area contributed by atoms with E-state index in [1.165, 1.54) is 4.90 Å². The number of carbonyl (C=O) groups is 1. The Morgan fingerprint density at radius 2 is 1.76 bits per heavy atom. The van der Waals surface area contributed by atoms with Crippen LogP contribution < -0.4 is 5.73 Å². The van der Waals surface area contributed by atoms with Crippen molar-refractivity contribution in [3.63, 3.8) is 0 Å². The molecule has 3 nitrogen and oxygen atoms in total. The van der Waals surface area contributed by atoms with E-state index in [1.807, 2.05) is 30.3 Å². The van der Waals surface area contributed by atoms with Crippen molar-refractivity contribution < 1.29 is 13.6 Å². The van der Waals surface area contributed by atoms with Crippen LogP contribution in [-0.4, -0.2) is 24.4 Å². The molecule has 2 aromatic carbocycles. The molecule has 110 valence electrons. The number of nitrogens with two attached hydrogens (primary N) is 1. The average molecular weight is 290 g/mol. The van der Waals surface area contributed by atoms with Gasteiger partial charge in [0, 0.05) is 25.3 Å². The van der Waals surface area contributed by atoms with Gasteiger partial charge >= 0.3 is 0 Å². The lowest BCUT2D eigenvalue weighted by atomic mass is 10.1. The van der Waals surface area contributed by atoms with Crippen molar-refractivity contribution >= 4 is 11.6 Å². The molecular weight excluding hydrogens is 274 g/mol. The van der Waals surface area contributed by atoms with E-state index >= 15 is 0 Å². The van der Waals surface area contributed by atoms with Crippen LogP contribution >= 0.6 is 0 Å². The molecule has 0 aliphatic carbocycles. The van der Waals surface area contributed by atoms with Crippen molar-refractivity contribution in [1.82, 2.24) is 4.90 Å². The molecule has 0 radical (unpaired) electrons. The smallest absolute Gasteiger partial charge is 0.255 e. The van der Waals surface area contributed by atoms with Gasteiger partial charge in [-0.1, -0.05) is 30.3 Å². The van der Waals surface area contributed by atoms with Crippen molar-refractivity contribution in [3.05, 3.63) is 65.2 Å². The molecule has 0 bridgehead atoms. The van der Waals surface area contributed by atoms with E-state index in [9.17, 15) is 13.6 Å². The number of rotatable bonds is 4. The van der Waals surface area contributed by atoms with Crippen LogP contribution in [0.4, 0.5) is 14.5 Å². The Bertz CT molecular complexity index is 644. The summed E-state index contributed by atoms with van der Waals surface area (Å²) < 4.78 is 26.2. The maximum Gasteiger partial charge on any atom is 0.255 e. The molecule has 0 unspecified atom stereocenters. The highest BCUT2D eigenvalue weighted by Gasteiger charge is 2.17. The van der Waals surface area contributed by atoms with Gasteiger partial charge in [-0.05, 0) is 18.1 Å². The van der Waals surface area contributed by atoms with Gasteiger partial charge in [-0.25, -0.2) is 8.78 Å². The Morgan fingerprint density at radius 1 is 1.14 bits per heavy atom. The maximum absolute atomic E-state index is 13.2. The standard InChI is InChI=1S/C16H16F2N2O/c1-20(8-7-11-5-3-2-4-6-11)16(21)12-9-13(17)14(18)10-15(12)19/h2-6,9-10H,7-8,19H2,1H3. The van der Waals surface area contributed by atoms with Crippen molar-refractivity contribution in [2.24, 2.45) is 0 Å². The summed E-state index contributed by atoms with van der Waals surface area (Å²) in [5, 5.41) is 0. The molecule has 0 heterocycles. The average Bonchev–Trinajstić information content (AvgIpc) is 2.49. The summed E-state index contributed by atoms with van der Waals surface area (Å²) in [7, 11) is 1.60. The van der Waals surface area contributed by atoms with Crippen LogP contribution in [0.5, 0.6) is 0 Å². The Morgan fingerprint density at radius 3 is 2.43 bits per heavy atom. The zero-order valence-corrected chi connectivity index (χ0v) is 11.6. The summed E-state index contributed by atoms with van der Waals surface area (Å²) in [6.07, 6.45) is 0.673. The molecule has 0 fully saturated rings. The van der Waals surface area contributed by atoms with Gasteiger partial charge in [-0.3, -0.25) is 4.79 Å². The van der Waals surface area contributed by atoms with E-state index in [0.29, 0.717) is 13.0 Å². The molecule has 0 saturated heterocycles. The number of halogens is 2. The minimum Gasteiger partial charge on any atom is -0.398 e. The first-order valence-corrected chi connectivity index (χ1v) is 6.53. The summed E-state index contributed by atoms with van der Waals surface area (Å²) in [6.45, 7) is 0.460. The van der Waals surface area contributed by atoms with Crippen LogP contribution in [-0.2, 0) is 6.42 Å². The highest BCUT2D eigenvalue weighted by molar-refractivity contribution is 5.99. The molecule has 0 atom stereocenters. The lowest BCUT2D eigenvalue weighted by Crippen LogP contribution is -2.29. The number of likely N-dealkylation sites (N-methyl/N-ethyl adjacent to an activating group) is 1. The van der Waals surface area contributed by atoms with E-state index < -0.39 is 17.5 Å². The lowest BCUT2D eigenvalue weighted by molar-refractivity contribution is 0.0797. The number of nitrogens with zero attached hydrogens (tertiary/aromatic N) is 1. The Hall–Kier alpha value is -2.43. The summed E-state index contributed by atoms with van der Waals surface area (Å²) in [5.74, 6) is -2.57. The first-order chi connectivity index (χ1) is 9.99. The van der Waals surface area contributed by atoms with E-state index in [1.54, 1.807) is 7.05 Å². The number of carbonyl (C=O) groups excluding carboxylic acids is 1. The highest BCUT2D eigenvalue weighted by atomic mass is 19.2. The second-order valence-corrected chi connectivity index (χ2v) is 4.82. The number of benzene rings is 2. The number of hydrogen-bond acceptors (Lipinski definition) is 2. The second kappa shape index (κ2) is 6.35. The molecule has 2 N–H and O–H groups in total. The maximum atomic E-state index is 13.2. The third kappa shape index (κ3) is 3.56. The first-order valence-electron chi connectivity index (χ1n) is 6.53.